The van der Waals surface area contributed by atoms with Crippen LogP contribution in [0.15, 0.2) is 18.3 Å². The highest BCUT2D eigenvalue weighted by atomic mass is 35.5. The standard InChI is InChI=1S/C19H21ClN6O4/c1-22-18(30)13-9(3-2-6-23-13)4-5-11-16(20)25-19(21)26-17(11)24-12-7-10(8-27)14(28)15(12)29/h2-3,6,10,12,14-15,27-29H,7-8H2,1H3,(H,22,30)(H3,21,24,25,26)/t10-,12-,14-,15+/m1/s1. The highest BCUT2D eigenvalue weighted by Crippen LogP contribution is 2.30. The SMILES string of the molecule is CNC(=O)c1ncccc1C#Cc1c(Cl)nc(N)nc1N[C@@H]1C[C@H](CO)[C@@H](O)[C@H]1O. The van der Waals surface area contributed by atoms with Gasteiger partial charge in [-0.25, -0.2) is 4.98 Å². The molecule has 10 nitrogen and oxygen atoms in total. The lowest BCUT2D eigenvalue weighted by Gasteiger charge is -2.19. The van der Waals surface area contributed by atoms with E-state index in [1.54, 1.807) is 12.1 Å². The predicted molar refractivity (Wildman–Crippen MR) is 110 cm³/mol. The molecule has 158 valence electrons. The number of nitrogens with zero attached hydrogens (tertiary/aromatic N) is 3. The minimum atomic E-state index is -1.13. The van der Waals surface area contributed by atoms with Gasteiger partial charge in [-0.15, -0.1) is 0 Å². The van der Waals surface area contributed by atoms with Crippen LogP contribution in [0.1, 0.15) is 28.0 Å². The number of hydrogen-bond acceptors (Lipinski definition) is 9. The fourth-order valence-corrected chi connectivity index (χ4v) is 3.45. The number of nitrogens with one attached hydrogen (secondary N) is 2. The molecule has 1 amide bonds. The van der Waals surface area contributed by atoms with Crippen LogP contribution in [0.4, 0.5) is 11.8 Å². The third kappa shape index (κ3) is 4.44. The van der Waals surface area contributed by atoms with Gasteiger partial charge in [-0.3, -0.25) is 4.79 Å². The molecular formula is C19H21ClN6O4. The average molecular weight is 433 g/mol. The number of nitrogen functional groups attached to an aromatic ring is 1. The molecule has 0 aliphatic heterocycles. The van der Waals surface area contributed by atoms with Crippen molar-refractivity contribution in [2.24, 2.45) is 5.92 Å². The van der Waals surface area contributed by atoms with Gasteiger partial charge in [0.2, 0.25) is 5.95 Å². The van der Waals surface area contributed by atoms with Gasteiger partial charge in [-0.05, 0) is 18.6 Å². The smallest absolute Gasteiger partial charge is 0.270 e. The molecule has 0 aromatic carbocycles. The second kappa shape index (κ2) is 9.23. The third-order valence-electron chi connectivity index (χ3n) is 4.81. The zero-order chi connectivity index (χ0) is 21.8. The zero-order valence-corrected chi connectivity index (χ0v) is 16.8. The van der Waals surface area contributed by atoms with Crippen molar-refractivity contribution in [3.63, 3.8) is 0 Å². The molecule has 1 aliphatic rings. The third-order valence-corrected chi connectivity index (χ3v) is 5.09. The first kappa shape index (κ1) is 21.7. The summed E-state index contributed by atoms with van der Waals surface area (Å²) in [6.07, 6.45) is -0.429. The Hall–Kier alpha value is -2.97. The summed E-state index contributed by atoms with van der Waals surface area (Å²) in [6, 6.07) is 2.66. The summed E-state index contributed by atoms with van der Waals surface area (Å²) in [5.41, 5.74) is 6.41. The Labute approximate surface area is 177 Å². The van der Waals surface area contributed by atoms with Crippen LogP contribution < -0.4 is 16.4 Å². The number of pyridine rings is 1. The molecule has 2 aromatic rings. The normalized spacial score (nSPS) is 22.8. The van der Waals surface area contributed by atoms with E-state index in [0.29, 0.717) is 12.0 Å². The Morgan fingerprint density at radius 3 is 2.77 bits per heavy atom. The Bertz CT molecular complexity index is 1010. The largest absolute Gasteiger partial charge is 0.396 e. The molecule has 7 N–H and O–H groups in total. The van der Waals surface area contributed by atoms with Gasteiger partial charge in [0.05, 0.1) is 17.7 Å². The molecule has 0 bridgehead atoms. The maximum atomic E-state index is 12.0. The van der Waals surface area contributed by atoms with Gasteiger partial charge in [-0.1, -0.05) is 23.4 Å². The molecule has 0 spiro atoms. The van der Waals surface area contributed by atoms with Gasteiger partial charge in [0.25, 0.3) is 5.91 Å². The molecule has 4 atom stereocenters. The maximum Gasteiger partial charge on any atom is 0.270 e. The predicted octanol–water partition coefficient (Wildman–Crippen LogP) is -0.619. The minimum absolute atomic E-state index is 0.0189. The van der Waals surface area contributed by atoms with Crippen LogP contribution >= 0.6 is 11.6 Å². The van der Waals surface area contributed by atoms with Crippen LogP contribution in [-0.4, -0.2) is 68.1 Å². The molecule has 1 fully saturated rings. The average Bonchev–Trinajstić information content (AvgIpc) is 3.00. The lowest BCUT2D eigenvalue weighted by molar-refractivity contribution is 0.00445. The molecule has 0 saturated heterocycles. The van der Waals surface area contributed by atoms with Crippen molar-refractivity contribution in [3.05, 3.63) is 40.3 Å². The zero-order valence-electron chi connectivity index (χ0n) is 16.0. The summed E-state index contributed by atoms with van der Waals surface area (Å²) in [4.78, 5) is 24.0. The van der Waals surface area contributed by atoms with Gasteiger partial charge in [-0.2, -0.15) is 9.97 Å². The van der Waals surface area contributed by atoms with Crippen molar-refractivity contribution in [2.75, 3.05) is 24.7 Å². The number of hydrogen-bond donors (Lipinski definition) is 6. The molecule has 1 aliphatic carbocycles. The van der Waals surface area contributed by atoms with Gasteiger partial charge in [0.1, 0.15) is 23.2 Å². The summed E-state index contributed by atoms with van der Waals surface area (Å²) >= 11 is 6.22. The van der Waals surface area contributed by atoms with Crippen molar-refractivity contribution in [2.45, 2.75) is 24.7 Å². The number of nitrogens with two attached hydrogens (primary N) is 1. The number of halogens is 1. The summed E-state index contributed by atoms with van der Waals surface area (Å²) in [6.45, 7) is -0.265. The monoisotopic (exact) mass is 432 g/mol. The first-order chi connectivity index (χ1) is 14.3. The fraction of sp³-hybridized carbons (Fsp3) is 0.368. The van der Waals surface area contributed by atoms with Gasteiger partial charge < -0.3 is 31.7 Å². The summed E-state index contributed by atoms with van der Waals surface area (Å²) in [5.74, 6) is 4.86. The molecule has 30 heavy (non-hydrogen) atoms. The Kier molecular flexibility index (Phi) is 6.69. The molecule has 0 unspecified atom stereocenters. The number of aliphatic hydroxyl groups is 3. The van der Waals surface area contributed by atoms with Crippen molar-refractivity contribution in [1.29, 1.82) is 0 Å². The fourth-order valence-electron chi connectivity index (χ4n) is 3.22. The first-order valence-electron chi connectivity index (χ1n) is 9.11. The minimum Gasteiger partial charge on any atom is -0.396 e. The van der Waals surface area contributed by atoms with Gasteiger partial charge >= 0.3 is 0 Å². The maximum absolute atomic E-state index is 12.0. The van der Waals surface area contributed by atoms with Crippen LogP contribution in [0, 0.1) is 17.8 Å². The summed E-state index contributed by atoms with van der Waals surface area (Å²) in [5, 5.41) is 35.1. The first-order valence-corrected chi connectivity index (χ1v) is 9.49. The number of rotatable bonds is 4. The van der Waals surface area contributed by atoms with Crippen LogP contribution in [0.2, 0.25) is 5.15 Å². The van der Waals surface area contributed by atoms with Crippen LogP contribution in [0.3, 0.4) is 0 Å². The van der Waals surface area contributed by atoms with E-state index in [0.717, 1.165) is 0 Å². The Morgan fingerprint density at radius 1 is 1.33 bits per heavy atom. The lowest BCUT2D eigenvalue weighted by atomic mass is 10.1. The second-order valence-corrected chi connectivity index (χ2v) is 7.09. The summed E-state index contributed by atoms with van der Waals surface area (Å²) in [7, 11) is 1.49. The van der Waals surface area contributed by atoms with Crippen LogP contribution in [0.5, 0.6) is 0 Å². The van der Waals surface area contributed by atoms with Crippen molar-refractivity contribution in [1.82, 2.24) is 20.3 Å². The van der Waals surface area contributed by atoms with Crippen molar-refractivity contribution < 1.29 is 20.1 Å². The highest BCUT2D eigenvalue weighted by Gasteiger charge is 2.41. The molecular weight excluding hydrogens is 412 g/mol. The molecule has 0 radical (unpaired) electrons. The number of carbonyl (C=O) groups is 1. The van der Waals surface area contributed by atoms with E-state index in [4.69, 9.17) is 17.3 Å². The van der Waals surface area contributed by atoms with Crippen molar-refractivity contribution in [3.8, 4) is 11.8 Å². The van der Waals surface area contributed by atoms with Gasteiger partial charge in [0, 0.05) is 25.8 Å². The van der Waals surface area contributed by atoms with E-state index in [9.17, 15) is 20.1 Å². The van der Waals surface area contributed by atoms with Crippen LogP contribution in [0.25, 0.3) is 0 Å². The number of amides is 1. The number of aliphatic hydroxyl groups excluding tert-OH is 3. The Balaban J connectivity index is 1.97. The molecule has 2 heterocycles. The number of aromatic nitrogens is 3. The topological polar surface area (TPSA) is 167 Å². The molecule has 3 rings (SSSR count). The second-order valence-electron chi connectivity index (χ2n) is 6.74. The number of carbonyl (C=O) groups excluding carboxylic acids is 1. The molecule has 2 aromatic heterocycles. The van der Waals surface area contributed by atoms with E-state index in [1.165, 1.54) is 13.2 Å². The van der Waals surface area contributed by atoms with E-state index >= 15 is 0 Å². The molecule has 11 heteroatoms. The Morgan fingerprint density at radius 2 is 2.10 bits per heavy atom. The van der Waals surface area contributed by atoms with Crippen LogP contribution in [-0.2, 0) is 0 Å². The number of anilines is 2. The van der Waals surface area contributed by atoms with E-state index < -0.39 is 30.1 Å². The molecule has 1 saturated carbocycles. The summed E-state index contributed by atoms with van der Waals surface area (Å²) < 4.78 is 0. The quantitative estimate of drug-likeness (QED) is 0.272. The lowest BCUT2D eigenvalue weighted by Crippen LogP contribution is -2.35. The highest BCUT2D eigenvalue weighted by molar-refractivity contribution is 6.31. The van der Waals surface area contributed by atoms with E-state index in [-0.39, 0.29) is 34.8 Å². The van der Waals surface area contributed by atoms with Crippen molar-refractivity contribution >= 4 is 29.3 Å². The van der Waals surface area contributed by atoms with Gasteiger partial charge in [0.15, 0.2) is 5.15 Å². The van der Waals surface area contributed by atoms with E-state index in [1.807, 2.05) is 0 Å². The van der Waals surface area contributed by atoms with E-state index in [2.05, 4.69) is 37.4 Å².